The lowest BCUT2D eigenvalue weighted by Gasteiger charge is -2.15. The van der Waals surface area contributed by atoms with E-state index < -0.39 is 5.69 Å². The lowest BCUT2D eigenvalue weighted by atomic mass is 10.1. The van der Waals surface area contributed by atoms with E-state index in [9.17, 15) is 14.4 Å². The van der Waals surface area contributed by atoms with Gasteiger partial charge in [0.1, 0.15) is 11.2 Å². The topological polar surface area (TPSA) is 73.1 Å². The van der Waals surface area contributed by atoms with Crippen LogP contribution in [-0.2, 0) is 11.3 Å². The maximum atomic E-state index is 13.1. The van der Waals surface area contributed by atoms with Crippen molar-refractivity contribution in [2.45, 2.75) is 40.3 Å². The molecule has 6 nitrogen and oxygen atoms in total. The van der Waals surface area contributed by atoms with E-state index in [0.717, 1.165) is 11.1 Å². The molecule has 0 unspecified atom stereocenters. The van der Waals surface area contributed by atoms with Crippen molar-refractivity contribution >= 4 is 27.5 Å². The molecular weight excluding hydrogens is 350 g/mol. The Labute approximate surface area is 154 Å². The number of hydrogen-bond acceptors (Lipinski definition) is 4. The molecule has 0 aliphatic carbocycles. The summed E-state index contributed by atoms with van der Waals surface area (Å²) in [4.78, 5) is 38.3. The molecule has 7 heteroatoms. The quantitative estimate of drug-likeness (QED) is 0.765. The van der Waals surface area contributed by atoms with Crippen LogP contribution in [0.25, 0.3) is 15.9 Å². The zero-order valence-corrected chi connectivity index (χ0v) is 16.0. The normalized spacial score (nSPS) is 11.3. The van der Waals surface area contributed by atoms with E-state index in [1.807, 2.05) is 45.9 Å². The largest absolute Gasteiger partial charge is 0.352 e. The summed E-state index contributed by atoms with van der Waals surface area (Å²) >= 11 is 1.27. The van der Waals surface area contributed by atoms with Crippen molar-refractivity contribution in [3.05, 3.63) is 61.6 Å². The molecule has 0 bridgehead atoms. The number of nitrogens with zero attached hydrogens (tertiary/aromatic N) is 2. The van der Waals surface area contributed by atoms with Crippen LogP contribution in [0.15, 0.2) is 39.2 Å². The first kappa shape index (κ1) is 18.1. The summed E-state index contributed by atoms with van der Waals surface area (Å²) in [6.45, 7) is 7.35. The van der Waals surface area contributed by atoms with Gasteiger partial charge in [0, 0.05) is 6.04 Å². The number of aryl methyl sites for hydroxylation is 2. The smallest absolute Gasteiger partial charge is 0.336 e. The molecule has 3 rings (SSSR count). The fraction of sp³-hybridized carbons (Fsp3) is 0.316. The Morgan fingerprint density at radius 1 is 1.19 bits per heavy atom. The van der Waals surface area contributed by atoms with Gasteiger partial charge in [-0.1, -0.05) is 12.1 Å². The summed E-state index contributed by atoms with van der Waals surface area (Å²) < 4.78 is 3.00. The van der Waals surface area contributed by atoms with Crippen molar-refractivity contribution < 1.29 is 4.79 Å². The van der Waals surface area contributed by atoms with Crippen molar-refractivity contribution in [2.24, 2.45) is 0 Å². The van der Waals surface area contributed by atoms with Gasteiger partial charge in [0.05, 0.1) is 11.2 Å². The first-order valence-corrected chi connectivity index (χ1v) is 9.27. The molecule has 136 valence electrons. The molecule has 0 aliphatic heterocycles. The van der Waals surface area contributed by atoms with Crippen LogP contribution >= 0.6 is 11.3 Å². The summed E-state index contributed by atoms with van der Waals surface area (Å²) in [5.74, 6) is -0.263. The second-order valence-corrected chi connectivity index (χ2v) is 7.57. The molecule has 1 aromatic carbocycles. The average Bonchev–Trinajstić information content (AvgIpc) is 3.04. The number of fused-ring (bicyclic) bond motifs is 1. The number of nitrogens with one attached hydrogen (secondary N) is 1. The molecule has 0 saturated carbocycles. The first-order valence-electron chi connectivity index (χ1n) is 8.39. The van der Waals surface area contributed by atoms with Gasteiger partial charge in [0.15, 0.2) is 0 Å². The van der Waals surface area contributed by atoms with Gasteiger partial charge in [-0.15, -0.1) is 11.3 Å². The Hall–Kier alpha value is -2.67. The molecule has 0 fully saturated rings. The summed E-state index contributed by atoms with van der Waals surface area (Å²) in [6.07, 6.45) is 0. The average molecular weight is 371 g/mol. The van der Waals surface area contributed by atoms with E-state index >= 15 is 0 Å². The third-order valence-corrected chi connectivity index (χ3v) is 5.00. The maximum absolute atomic E-state index is 13.1. The zero-order valence-electron chi connectivity index (χ0n) is 15.2. The van der Waals surface area contributed by atoms with Crippen molar-refractivity contribution in [1.82, 2.24) is 14.5 Å². The van der Waals surface area contributed by atoms with E-state index in [-0.39, 0.29) is 24.1 Å². The number of thiophene rings is 1. The minimum atomic E-state index is -0.506. The number of rotatable bonds is 4. The Morgan fingerprint density at radius 3 is 2.62 bits per heavy atom. The summed E-state index contributed by atoms with van der Waals surface area (Å²) in [7, 11) is 0. The highest BCUT2D eigenvalue weighted by Gasteiger charge is 2.18. The van der Waals surface area contributed by atoms with E-state index in [2.05, 4.69) is 5.32 Å². The van der Waals surface area contributed by atoms with Gasteiger partial charge in [-0.25, -0.2) is 9.36 Å². The van der Waals surface area contributed by atoms with Crippen LogP contribution in [0.5, 0.6) is 0 Å². The number of carbonyl (C=O) groups excluding carboxylic acids is 1. The van der Waals surface area contributed by atoms with Gasteiger partial charge in [0.2, 0.25) is 5.91 Å². The van der Waals surface area contributed by atoms with Crippen LogP contribution in [0.3, 0.4) is 0 Å². The maximum Gasteiger partial charge on any atom is 0.336 e. The number of carbonyl (C=O) groups is 1. The first-order chi connectivity index (χ1) is 12.3. The van der Waals surface area contributed by atoms with Crippen LogP contribution in [0.4, 0.5) is 0 Å². The third kappa shape index (κ3) is 3.22. The van der Waals surface area contributed by atoms with Crippen LogP contribution in [0, 0.1) is 13.8 Å². The number of aromatic nitrogens is 2. The van der Waals surface area contributed by atoms with Crippen LogP contribution in [0.2, 0.25) is 0 Å². The monoisotopic (exact) mass is 371 g/mol. The van der Waals surface area contributed by atoms with Crippen molar-refractivity contribution in [1.29, 1.82) is 0 Å². The standard InChI is InChI=1S/C19H21N3O3S/c1-11(2)20-16(23)10-21-14-7-8-26-17(14)18(24)22(19(21)25)15-9-12(3)5-6-13(15)4/h5-9,11H,10H2,1-4H3,(H,20,23). The molecule has 0 aliphatic rings. The van der Waals surface area contributed by atoms with Crippen molar-refractivity contribution in [3.63, 3.8) is 0 Å². The second-order valence-electron chi connectivity index (χ2n) is 6.66. The van der Waals surface area contributed by atoms with Crippen molar-refractivity contribution in [3.8, 4) is 5.69 Å². The third-order valence-electron chi connectivity index (χ3n) is 4.11. The Balaban J connectivity index is 2.28. The van der Waals surface area contributed by atoms with Gasteiger partial charge in [0.25, 0.3) is 5.56 Å². The van der Waals surface area contributed by atoms with Crippen molar-refractivity contribution in [2.75, 3.05) is 0 Å². The predicted octanol–water partition coefficient (Wildman–Crippen LogP) is 2.36. The SMILES string of the molecule is Cc1ccc(C)c(-n2c(=O)c3sccc3n(CC(=O)NC(C)C)c2=O)c1. The van der Waals surface area contributed by atoms with E-state index in [0.29, 0.717) is 15.9 Å². The summed E-state index contributed by atoms with van der Waals surface area (Å²) in [6, 6.07) is 7.31. The molecule has 0 atom stereocenters. The van der Waals surface area contributed by atoms with E-state index in [1.165, 1.54) is 20.5 Å². The summed E-state index contributed by atoms with van der Waals surface area (Å²) in [5, 5.41) is 4.55. The van der Waals surface area contributed by atoms with E-state index in [4.69, 9.17) is 0 Å². The van der Waals surface area contributed by atoms with Gasteiger partial charge in [-0.3, -0.25) is 14.2 Å². The second kappa shape index (κ2) is 6.92. The van der Waals surface area contributed by atoms with Crippen LogP contribution in [0.1, 0.15) is 25.0 Å². The fourth-order valence-corrected chi connectivity index (χ4v) is 3.75. The van der Waals surface area contributed by atoms with Crippen LogP contribution < -0.4 is 16.6 Å². The molecule has 0 spiro atoms. The molecule has 2 heterocycles. The summed E-state index contributed by atoms with van der Waals surface area (Å²) in [5.41, 5.74) is 1.96. The lowest BCUT2D eigenvalue weighted by Crippen LogP contribution is -2.42. The van der Waals surface area contributed by atoms with Gasteiger partial charge in [-0.2, -0.15) is 0 Å². The Kier molecular flexibility index (Phi) is 4.82. The molecule has 3 aromatic rings. The molecular formula is C19H21N3O3S. The Bertz CT molecular complexity index is 1110. The molecule has 26 heavy (non-hydrogen) atoms. The highest BCUT2D eigenvalue weighted by Crippen LogP contribution is 2.18. The van der Waals surface area contributed by atoms with Gasteiger partial charge in [-0.05, 0) is 56.3 Å². The highest BCUT2D eigenvalue weighted by atomic mass is 32.1. The molecule has 0 saturated heterocycles. The van der Waals surface area contributed by atoms with Crippen LogP contribution in [-0.4, -0.2) is 21.1 Å². The van der Waals surface area contributed by atoms with Gasteiger partial charge < -0.3 is 5.32 Å². The lowest BCUT2D eigenvalue weighted by molar-refractivity contribution is -0.122. The molecule has 2 aromatic heterocycles. The number of amides is 1. The highest BCUT2D eigenvalue weighted by molar-refractivity contribution is 7.17. The molecule has 1 N–H and O–H groups in total. The molecule has 0 radical (unpaired) electrons. The fourth-order valence-electron chi connectivity index (χ4n) is 2.92. The minimum absolute atomic E-state index is 0.0268. The zero-order chi connectivity index (χ0) is 19.0. The minimum Gasteiger partial charge on any atom is -0.352 e. The van der Waals surface area contributed by atoms with Gasteiger partial charge >= 0.3 is 5.69 Å². The van der Waals surface area contributed by atoms with E-state index in [1.54, 1.807) is 11.4 Å². The predicted molar refractivity (Wildman–Crippen MR) is 104 cm³/mol. The number of benzene rings is 1. The molecule has 1 amide bonds. The number of hydrogen-bond donors (Lipinski definition) is 1. The Morgan fingerprint density at radius 2 is 1.92 bits per heavy atom.